The van der Waals surface area contributed by atoms with E-state index in [0.29, 0.717) is 19.3 Å². The van der Waals surface area contributed by atoms with Crippen LogP contribution in [0.15, 0.2) is 0 Å². The van der Waals surface area contributed by atoms with Crippen LogP contribution in [0, 0.1) is 0 Å². The number of unbranched alkanes of at least 4 members (excludes halogenated alkanes) is 5. The molecule has 0 atom stereocenters. The summed E-state index contributed by atoms with van der Waals surface area (Å²) in [6.45, 7) is 6.04. The van der Waals surface area contributed by atoms with Gasteiger partial charge in [-0.1, -0.05) is 39.5 Å². The molecule has 4 heteroatoms. The van der Waals surface area contributed by atoms with E-state index in [4.69, 9.17) is 5.11 Å². The summed E-state index contributed by atoms with van der Waals surface area (Å²) in [4.78, 5) is 24.6. The molecule has 0 spiro atoms. The van der Waals surface area contributed by atoms with Crippen LogP contribution in [-0.4, -0.2) is 35.0 Å². The second-order valence-corrected chi connectivity index (χ2v) is 5.40. The maximum absolute atomic E-state index is 12.2. The summed E-state index contributed by atoms with van der Waals surface area (Å²) in [5.41, 5.74) is 0. The van der Waals surface area contributed by atoms with Crippen LogP contribution in [0.4, 0.5) is 0 Å². The van der Waals surface area contributed by atoms with E-state index in [9.17, 15) is 9.59 Å². The molecule has 0 aromatic carbocycles. The lowest BCUT2D eigenvalue weighted by Gasteiger charge is -2.22. The minimum atomic E-state index is -0.778. The lowest BCUT2D eigenvalue weighted by molar-refractivity contribution is -0.137. The summed E-state index contributed by atoms with van der Waals surface area (Å²) in [7, 11) is 0. The van der Waals surface area contributed by atoms with Gasteiger partial charge >= 0.3 is 5.97 Å². The summed E-state index contributed by atoms with van der Waals surface area (Å²) < 4.78 is 0. The summed E-state index contributed by atoms with van der Waals surface area (Å²) >= 11 is 0. The van der Waals surface area contributed by atoms with Crippen LogP contribution in [0.5, 0.6) is 0 Å². The molecule has 118 valence electrons. The molecule has 0 aliphatic carbocycles. The molecule has 0 rings (SSSR count). The van der Waals surface area contributed by atoms with E-state index in [1.54, 1.807) is 0 Å². The number of hydrogen-bond acceptors (Lipinski definition) is 2. The second kappa shape index (κ2) is 12.9. The highest BCUT2D eigenvalue weighted by atomic mass is 16.4. The molecule has 0 aromatic rings. The van der Waals surface area contributed by atoms with Gasteiger partial charge in [0.25, 0.3) is 0 Å². The molecule has 20 heavy (non-hydrogen) atoms. The molecular formula is C16H31NO3. The van der Waals surface area contributed by atoms with Gasteiger partial charge in [0, 0.05) is 25.9 Å². The number of carboxylic acids is 1. The molecule has 0 fully saturated rings. The van der Waals surface area contributed by atoms with Gasteiger partial charge in [-0.2, -0.15) is 0 Å². The number of carbonyl (C=O) groups is 2. The fraction of sp³-hybridized carbons (Fsp3) is 0.875. The molecule has 0 unspecified atom stereocenters. The first kappa shape index (κ1) is 18.9. The highest BCUT2D eigenvalue weighted by Gasteiger charge is 2.12. The van der Waals surface area contributed by atoms with Gasteiger partial charge in [0.2, 0.25) is 5.91 Å². The number of carbonyl (C=O) groups excluding carboxylic acids is 1. The number of amides is 1. The third kappa shape index (κ3) is 10.8. The number of aliphatic carboxylic acids is 1. The normalized spacial score (nSPS) is 10.5. The Labute approximate surface area is 123 Å². The van der Waals surface area contributed by atoms with Crippen molar-refractivity contribution in [2.24, 2.45) is 0 Å². The lowest BCUT2D eigenvalue weighted by atomic mass is 10.1. The zero-order valence-corrected chi connectivity index (χ0v) is 13.2. The molecule has 0 aliphatic rings. The van der Waals surface area contributed by atoms with Gasteiger partial charge in [0.1, 0.15) is 0 Å². The zero-order chi connectivity index (χ0) is 15.2. The number of rotatable bonds is 13. The van der Waals surface area contributed by atoms with Crippen LogP contribution in [0.25, 0.3) is 0 Å². The van der Waals surface area contributed by atoms with Crippen molar-refractivity contribution in [2.75, 3.05) is 13.1 Å². The van der Waals surface area contributed by atoms with Crippen LogP contribution in [-0.2, 0) is 9.59 Å². The minimum absolute atomic E-state index is 0.166. The van der Waals surface area contributed by atoms with Crippen LogP contribution < -0.4 is 0 Å². The fourth-order valence-corrected chi connectivity index (χ4v) is 2.18. The van der Waals surface area contributed by atoms with Crippen LogP contribution in [0.1, 0.15) is 78.1 Å². The molecule has 0 saturated carbocycles. The van der Waals surface area contributed by atoms with E-state index >= 15 is 0 Å². The van der Waals surface area contributed by atoms with Crippen molar-refractivity contribution in [1.82, 2.24) is 4.90 Å². The van der Waals surface area contributed by atoms with E-state index in [2.05, 4.69) is 13.8 Å². The highest BCUT2D eigenvalue weighted by Crippen LogP contribution is 2.08. The van der Waals surface area contributed by atoms with Crippen molar-refractivity contribution in [3.63, 3.8) is 0 Å². The van der Waals surface area contributed by atoms with Gasteiger partial charge in [-0.15, -0.1) is 0 Å². The average Bonchev–Trinajstić information content (AvgIpc) is 2.42. The standard InChI is InChI=1S/C16H31NO3/c1-3-5-9-13-17(14-10-6-4-2)15(18)11-7-8-12-16(19)20/h3-14H2,1-2H3,(H,19,20). The Morgan fingerprint density at radius 1 is 0.800 bits per heavy atom. The van der Waals surface area contributed by atoms with Gasteiger partial charge in [-0.3, -0.25) is 9.59 Å². The predicted molar refractivity (Wildman–Crippen MR) is 81.7 cm³/mol. The zero-order valence-electron chi connectivity index (χ0n) is 13.2. The molecule has 0 radical (unpaired) electrons. The van der Waals surface area contributed by atoms with Gasteiger partial charge in [-0.25, -0.2) is 0 Å². The SMILES string of the molecule is CCCCCN(CCCCC)C(=O)CCCCC(=O)O. The topological polar surface area (TPSA) is 57.6 Å². The fourth-order valence-electron chi connectivity index (χ4n) is 2.18. The average molecular weight is 285 g/mol. The first-order chi connectivity index (χ1) is 9.61. The van der Waals surface area contributed by atoms with E-state index in [-0.39, 0.29) is 12.3 Å². The van der Waals surface area contributed by atoms with E-state index < -0.39 is 5.97 Å². The van der Waals surface area contributed by atoms with Gasteiger partial charge in [-0.05, 0) is 25.7 Å². The Bertz CT molecular complexity index is 256. The predicted octanol–water partition coefficient (Wildman–Crippen LogP) is 3.84. The van der Waals surface area contributed by atoms with Gasteiger partial charge in [0.05, 0.1) is 0 Å². The van der Waals surface area contributed by atoms with Crippen molar-refractivity contribution < 1.29 is 14.7 Å². The van der Waals surface area contributed by atoms with Gasteiger partial charge in [0.15, 0.2) is 0 Å². The highest BCUT2D eigenvalue weighted by molar-refractivity contribution is 5.76. The largest absolute Gasteiger partial charge is 0.481 e. The smallest absolute Gasteiger partial charge is 0.303 e. The maximum Gasteiger partial charge on any atom is 0.303 e. The molecule has 0 saturated heterocycles. The lowest BCUT2D eigenvalue weighted by Crippen LogP contribution is -2.32. The van der Waals surface area contributed by atoms with Crippen LogP contribution in [0.2, 0.25) is 0 Å². The van der Waals surface area contributed by atoms with Crippen molar-refractivity contribution >= 4 is 11.9 Å². The van der Waals surface area contributed by atoms with E-state index in [1.807, 2.05) is 4.90 Å². The molecular weight excluding hydrogens is 254 g/mol. The number of hydrogen-bond donors (Lipinski definition) is 1. The third-order valence-corrected chi connectivity index (χ3v) is 3.45. The van der Waals surface area contributed by atoms with Crippen LogP contribution >= 0.6 is 0 Å². The van der Waals surface area contributed by atoms with Crippen molar-refractivity contribution in [3.05, 3.63) is 0 Å². The molecule has 0 heterocycles. The number of carboxylic acid groups (broad SMARTS) is 1. The Morgan fingerprint density at radius 2 is 1.30 bits per heavy atom. The molecule has 0 aliphatic heterocycles. The van der Waals surface area contributed by atoms with E-state index in [0.717, 1.165) is 51.6 Å². The van der Waals surface area contributed by atoms with Crippen molar-refractivity contribution in [3.8, 4) is 0 Å². The quantitative estimate of drug-likeness (QED) is 0.523. The second-order valence-electron chi connectivity index (χ2n) is 5.40. The summed E-state index contributed by atoms with van der Waals surface area (Å²) in [6.07, 6.45) is 8.73. The Kier molecular flexibility index (Phi) is 12.3. The Hall–Kier alpha value is -1.06. The molecule has 4 nitrogen and oxygen atoms in total. The van der Waals surface area contributed by atoms with Crippen molar-refractivity contribution in [2.45, 2.75) is 78.1 Å². The Morgan fingerprint density at radius 3 is 1.75 bits per heavy atom. The summed E-state index contributed by atoms with van der Waals surface area (Å²) in [5, 5.41) is 8.58. The Balaban J connectivity index is 4.00. The monoisotopic (exact) mass is 285 g/mol. The summed E-state index contributed by atoms with van der Waals surface area (Å²) in [5.74, 6) is -0.581. The van der Waals surface area contributed by atoms with Gasteiger partial charge < -0.3 is 10.0 Å². The van der Waals surface area contributed by atoms with Crippen molar-refractivity contribution in [1.29, 1.82) is 0 Å². The maximum atomic E-state index is 12.2. The first-order valence-electron chi connectivity index (χ1n) is 8.11. The molecule has 0 bridgehead atoms. The molecule has 1 N–H and O–H groups in total. The van der Waals surface area contributed by atoms with Crippen LogP contribution in [0.3, 0.4) is 0 Å². The summed E-state index contributed by atoms with van der Waals surface area (Å²) in [6, 6.07) is 0. The third-order valence-electron chi connectivity index (χ3n) is 3.45. The van der Waals surface area contributed by atoms with E-state index in [1.165, 1.54) is 0 Å². The minimum Gasteiger partial charge on any atom is -0.481 e. The molecule has 0 aromatic heterocycles. The number of nitrogens with zero attached hydrogens (tertiary/aromatic N) is 1. The molecule has 1 amide bonds. The first-order valence-corrected chi connectivity index (χ1v) is 8.11.